The summed E-state index contributed by atoms with van der Waals surface area (Å²) >= 11 is 0. The zero-order chi connectivity index (χ0) is 20.9. The van der Waals surface area contributed by atoms with Gasteiger partial charge >= 0.3 is 12.1 Å². The van der Waals surface area contributed by atoms with Crippen LogP contribution >= 0.6 is 0 Å². The molecule has 0 radical (unpaired) electrons. The number of hydrogen-bond acceptors (Lipinski definition) is 5. The minimum absolute atomic E-state index is 0.222. The van der Waals surface area contributed by atoms with E-state index in [0.29, 0.717) is 44.2 Å². The first kappa shape index (κ1) is 22.1. The summed E-state index contributed by atoms with van der Waals surface area (Å²) in [4.78, 5) is 16.3. The summed E-state index contributed by atoms with van der Waals surface area (Å²) in [6.45, 7) is 5.26. The highest BCUT2D eigenvalue weighted by atomic mass is 19.4. The Morgan fingerprint density at radius 1 is 1.24 bits per heavy atom. The third-order valence-corrected chi connectivity index (χ3v) is 5.90. The summed E-state index contributed by atoms with van der Waals surface area (Å²) in [5.41, 5.74) is 0.0526. The first-order valence-corrected chi connectivity index (χ1v) is 10.1. The summed E-state index contributed by atoms with van der Waals surface area (Å²) in [7, 11) is 1.39. The van der Waals surface area contributed by atoms with E-state index in [2.05, 4.69) is 9.80 Å². The fraction of sp³-hybridized carbons (Fsp3) is 0.667. The van der Waals surface area contributed by atoms with Crippen LogP contribution in [0.4, 0.5) is 13.2 Å². The molecule has 0 aromatic heterocycles. The second-order valence-electron chi connectivity index (χ2n) is 7.81. The average molecular weight is 414 g/mol. The molecule has 2 saturated heterocycles. The number of halogens is 3. The van der Waals surface area contributed by atoms with E-state index in [1.165, 1.54) is 19.2 Å². The van der Waals surface area contributed by atoms with Crippen molar-refractivity contribution < 1.29 is 27.4 Å². The van der Waals surface area contributed by atoms with Gasteiger partial charge in [-0.3, -0.25) is 14.6 Å². The number of ether oxygens (including phenoxy) is 2. The van der Waals surface area contributed by atoms with E-state index in [-0.39, 0.29) is 11.9 Å². The molecule has 2 fully saturated rings. The van der Waals surface area contributed by atoms with Crippen LogP contribution in [0.2, 0.25) is 0 Å². The fourth-order valence-corrected chi connectivity index (χ4v) is 4.42. The highest BCUT2D eigenvalue weighted by Gasteiger charge is 2.35. The molecule has 5 nitrogen and oxygen atoms in total. The molecule has 2 atom stereocenters. The van der Waals surface area contributed by atoms with Crippen LogP contribution < -0.4 is 0 Å². The van der Waals surface area contributed by atoms with E-state index < -0.39 is 11.7 Å². The van der Waals surface area contributed by atoms with E-state index in [0.717, 1.165) is 38.7 Å². The van der Waals surface area contributed by atoms with Crippen molar-refractivity contribution in [1.29, 1.82) is 0 Å². The summed E-state index contributed by atoms with van der Waals surface area (Å²) in [5.74, 6) is 0.0486. The van der Waals surface area contributed by atoms with Gasteiger partial charge in [-0.05, 0) is 36.9 Å². The van der Waals surface area contributed by atoms with Crippen molar-refractivity contribution in [3.8, 4) is 0 Å². The number of esters is 1. The molecule has 0 saturated carbocycles. The molecule has 0 bridgehead atoms. The summed E-state index contributed by atoms with van der Waals surface area (Å²) < 4.78 is 49.3. The van der Waals surface area contributed by atoms with Gasteiger partial charge in [0, 0.05) is 38.6 Å². The van der Waals surface area contributed by atoms with Crippen LogP contribution in [0, 0.1) is 5.92 Å². The Hall–Kier alpha value is -1.64. The number of carbonyl (C=O) groups is 1. The van der Waals surface area contributed by atoms with E-state index in [1.807, 2.05) is 0 Å². The van der Waals surface area contributed by atoms with Gasteiger partial charge in [0.1, 0.15) is 0 Å². The monoisotopic (exact) mass is 414 g/mol. The van der Waals surface area contributed by atoms with Crippen LogP contribution in [-0.4, -0.2) is 68.3 Å². The molecular weight excluding hydrogens is 385 g/mol. The molecule has 0 aliphatic carbocycles. The Morgan fingerprint density at radius 2 is 2.00 bits per heavy atom. The van der Waals surface area contributed by atoms with Crippen LogP contribution in [0.3, 0.4) is 0 Å². The van der Waals surface area contributed by atoms with Crippen molar-refractivity contribution in [3.63, 3.8) is 0 Å². The third kappa shape index (κ3) is 6.17. The molecule has 3 rings (SSSR count). The molecule has 29 heavy (non-hydrogen) atoms. The zero-order valence-corrected chi connectivity index (χ0v) is 16.8. The number of alkyl halides is 3. The lowest BCUT2D eigenvalue weighted by atomic mass is 9.86. The highest BCUT2D eigenvalue weighted by molar-refractivity contribution is 5.69. The quantitative estimate of drug-likeness (QED) is 0.669. The number of rotatable bonds is 6. The van der Waals surface area contributed by atoms with Crippen molar-refractivity contribution in [2.75, 3.05) is 46.5 Å². The molecule has 2 aliphatic heterocycles. The number of piperidine rings is 1. The van der Waals surface area contributed by atoms with Crippen LogP contribution in [0.15, 0.2) is 24.3 Å². The highest BCUT2D eigenvalue weighted by Crippen LogP contribution is 2.31. The third-order valence-electron chi connectivity index (χ3n) is 5.90. The number of nitrogens with zero attached hydrogens (tertiary/aromatic N) is 2. The molecule has 0 spiro atoms. The molecular formula is C21H29F3N2O3. The molecule has 1 aromatic carbocycles. The first-order chi connectivity index (χ1) is 13.9. The number of carbonyl (C=O) groups excluding carboxylic acids is 1. The van der Waals surface area contributed by atoms with E-state index in [4.69, 9.17) is 9.47 Å². The SMILES string of the molecule is COC(=O)CC[C@@H]1CN(Cc2cccc(C(F)(F)F)c2)CC[C@@H]1N1CCOCC1. The first-order valence-electron chi connectivity index (χ1n) is 10.1. The van der Waals surface area contributed by atoms with Gasteiger partial charge in [-0.25, -0.2) is 0 Å². The van der Waals surface area contributed by atoms with E-state index in [1.54, 1.807) is 6.07 Å². The van der Waals surface area contributed by atoms with E-state index >= 15 is 0 Å². The molecule has 162 valence electrons. The Bertz CT molecular complexity index is 677. The Balaban J connectivity index is 1.66. The maximum absolute atomic E-state index is 13.0. The smallest absolute Gasteiger partial charge is 0.416 e. The van der Waals surface area contributed by atoms with E-state index in [9.17, 15) is 18.0 Å². The normalized spacial score (nSPS) is 24.4. The lowest BCUT2D eigenvalue weighted by molar-refractivity contribution is -0.141. The molecule has 2 aliphatic rings. The molecule has 1 aromatic rings. The second kappa shape index (κ2) is 9.91. The van der Waals surface area contributed by atoms with Gasteiger partial charge in [0.15, 0.2) is 0 Å². The van der Waals surface area contributed by atoms with Gasteiger partial charge in [0.2, 0.25) is 0 Å². The van der Waals surface area contributed by atoms with Gasteiger partial charge in [0.25, 0.3) is 0 Å². The van der Waals surface area contributed by atoms with Crippen molar-refractivity contribution >= 4 is 5.97 Å². The zero-order valence-electron chi connectivity index (χ0n) is 16.8. The van der Waals surface area contributed by atoms with Crippen molar-refractivity contribution in [3.05, 3.63) is 35.4 Å². The molecule has 0 unspecified atom stereocenters. The molecule has 0 N–H and O–H groups in total. The summed E-state index contributed by atoms with van der Waals surface area (Å²) in [5, 5.41) is 0. The van der Waals surface area contributed by atoms with Gasteiger partial charge < -0.3 is 9.47 Å². The Morgan fingerprint density at radius 3 is 2.69 bits per heavy atom. The molecule has 2 heterocycles. The Kier molecular flexibility index (Phi) is 7.54. The standard InChI is InChI=1S/C21H29F3N2O3/c1-28-20(27)6-5-17-15-25(8-7-19(17)26-9-11-29-12-10-26)14-16-3-2-4-18(13-16)21(22,23)24/h2-4,13,17,19H,5-12,14-15H2,1H3/t17-,19+/m1/s1. The van der Waals surface area contributed by atoms with Crippen molar-refractivity contribution in [2.24, 2.45) is 5.92 Å². The maximum Gasteiger partial charge on any atom is 0.416 e. The van der Waals surface area contributed by atoms with Crippen molar-refractivity contribution in [2.45, 2.75) is 38.0 Å². The summed E-state index contributed by atoms with van der Waals surface area (Å²) in [6, 6.07) is 5.91. The number of hydrogen-bond donors (Lipinski definition) is 0. The van der Waals surface area contributed by atoms with Crippen LogP contribution in [-0.2, 0) is 27.0 Å². The molecule has 0 amide bonds. The minimum atomic E-state index is -4.33. The number of morpholine rings is 1. The Labute approximate surface area is 169 Å². The van der Waals surface area contributed by atoms with Crippen molar-refractivity contribution in [1.82, 2.24) is 9.80 Å². The molecule has 8 heteroatoms. The number of benzene rings is 1. The predicted molar refractivity (Wildman–Crippen MR) is 102 cm³/mol. The van der Waals surface area contributed by atoms with Gasteiger partial charge in [0.05, 0.1) is 25.9 Å². The van der Waals surface area contributed by atoms with Gasteiger partial charge in [-0.1, -0.05) is 18.2 Å². The fourth-order valence-electron chi connectivity index (χ4n) is 4.42. The van der Waals surface area contributed by atoms with Crippen LogP contribution in [0.1, 0.15) is 30.4 Å². The second-order valence-corrected chi connectivity index (χ2v) is 7.81. The predicted octanol–water partition coefficient (Wildman–Crippen LogP) is 3.18. The topological polar surface area (TPSA) is 42.0 Å². The number of methoxy groups -OCH3 is 1. The summed E-state index contributed by atoms with van der Waals surface area (Å²) in [6.07, 6.45) is -2.32. The largest absolute Gasteiger partial charge is 0.469 e. The lowest BCUT2D eigenvalue weighted by Gasteiger charge is -2.45. The van der Waals surface area contributed by atoms with Crippen LogP contribution in [0.25, 0.3) is 0 Å². The van der Waals surface area contributed by atoms with Crippen LogP contribution in [0.5, 0.6) is 0 Å². The average Bonchev–Trinajstić information content (AvgIpc) is 2.72. The minimum Gasteiger partial charge on any atom is -0.469 e. The van der Waals surface area contributed by atoms with Gasteiger partial charge in [-0.15, -0.1) is 0 Å². The van der Waals surface area contributed by atoms with Gasteiger partial charge in [-0.2, -0.15) is 13.2 Å². The number of likely N-dealkylation sites (tertiary alicyclic amines) is 1. The maximum atomic E-state index is 13.0. The lowest BCUT2D eigenvalue weighted by Crippen LogP contribution is -2.53.